The fourth-order valence-electron chi connectivity index (χ4n) is 5.27. The maximum absolute atomic E-state index is 13.8. The lowest BCUT2D eigenvalue weighted by molar-refractivity contribution is -0.530. The zero-order valence-corrected chi connectivity index (χ0v) is 24.3. The Labute approximate surface area is 237 Å². The average Bonchev–Trinajstić information content (AvgIpc) is 3.32. The fourth-order valence-corrected chi connectivity index (χ4v) is 5.57. The molecule has 0 radical (unpaired) electrons. The van der Waals surface area contributed by atoms with Crippen LogP contribution < -0.4 is 10.8 Å². The summed E-state index contributed by atoms with van der Waals surface area (Å²) in [6.07, 6.45) is 12.0. The minimum atomic E-state index is -1.78. The van der Waals surface area contributed by atoms with E-state index in [0.717, 1.165) is 12.8 Å². The van der Waals surface area contributed by atoms with Gasteiger partial charge in [-0.3, -0.25) is 24.5 Å². The van der Waals surface area contributed by atoms with Gasteiger partial charge < -0.3 is 10.1 Å². The Kier molecular flexibility index (Phi) is 15.4. The molecule has 1 aliphatic rings. The predicted octanol–water partition coefficient (Wildman–Crippen LogP) is 5.32. The van der Waals surface area contributed by atoms with Crippen molar-refractivity contribution < 1.29 is 24.1 Å². The number of unbranched alkanes of at least 4 members (excludes halogenated alkanes) is 9. The number of halogens is 1. The molecule has 2 amide bonds. The van der Waals surface area contributed by atoms with Crippen LogP contribution in [0.4, 0.5) is 0 Å². The second-order valence-electron chi connectivity index (χ2n) is 10.4. The van der Waals surface area contributed by atoms with Crippen molar-refractivity contribution in [1.29, 1.82) is 0 Å². The molecule has 39 heavy (non-hydrogen) atoms. The first-order chi connectivity index (χ1) is 18.9. The SMILES string of the molecule is CCCCCCCCCCCCOCCCNC(=O)C(c1ccccc1)(C1ONC(=O)C1CCl)C(C)[N+](=O)[O-]. The van der Waals surface area contributed by atoms with E-state index in [2.05, 4.69) is 17.7 Å². The largest absolute Gasteiger partial charge is 0.381 e. The molecule has 2 rings (SSSR count). The third-order valence-electron chi connectivity index (χ3n) is 7.60. The maximum atomic E-state index is 13.8. The summed E-state index contributed by atoms with van der Waals surface area (Å²) in [6, 6.07) is 7.05. The number of hydrogen-bond donors (Lipinski definition) is 2. The number of carbonyl (C=O) groups is 2. The van der Waals surface area contributed by atoms with E-state index in [1.165, 1.54) is 58.3 Å². The topological polar surface area (TPSA) is 120 Å². The van der Waals surface area contributed by atoms with Crippen molar-refractivity contribution in [2.75, 3.05) is 25.6 Å². The number of carbonyl (C=O) groups excluding carboxylic acids is 2. The smallest absolute Gasteiger partial charge is 0.250 e. The molecule has 1 aromatic carbocycles. The fraction of sp³-hybridized carbons (Fsp3) is 0.724. The maximum Gasteiger partial charge on any atom is 0.250 e. The summed E-state index contributed by atoms with van der Waals surface area (Å²) in [4.78, 5) is 43.3. The van der Waals surface area contributed by atoms with Crippen molar-refractivity contribution in [3.05, 3.63) is 46.0 Å². The predicted molar refractivity (Wildman–Crippen MR) is 152 cm³/mol. The van der Waals surface area contributed by atoms with E-state index in [4.69, 9.17) is 21.2 Å². The van der Waals surface area contributed by atoms with Gasteiger partial charge in [0.15, 0.2) is 5.41 Å². The molecule has 0 spiro atoms. The molecular formula is C29H46ClN3O6. The first-order valence-electron chi connectivity index (χ1n) is 14.5. The lowest BCUT2D eigenvalue weighted by Crippen LogP contribution is -2.62. The highest BCUT2D eigenvalue weighted by molar-refractivity contribution is 6.19. The van der Waals surface area contributed by atoms with Crippen molar-refractivity contribution in [2.45, 2.75) is 102 Å². The molecule has 4 atom stereocenters. The Morgan fingerprint density at radius 2 is 1.67 bits per heavy atom. The number of rotatable bonds is 21. The molecule has 0 aliphatic carbocycles. The third-order valence-corrected chi connectivity index (χ3v) is 7.93. The van der Waals surface area contributed by atoms with E-state index in [1.807, 2.05) is 0 Å². The number of alkyl halides is 1. The number of amides is 2. The zero-order chi connectivity index (χ0) is 28.5. The Morgan fingerprint density at radius 3 is 2.26 bits per heavy atom. The van der Waals surface area contributed by atoms with Gasteiger partial charge in [-0.2, -0.15) is 0 Å². The first kappa shape index (κ1) is 33.0. The average molecular weight is 568 g/mol. The lowest BCUT2D eigenvalue weighted by atomic mass is 9.66. The van der Waals surface area contributed by atoms with Crippen molar-refractivity contribution in [3.63, 3.8) is 0 Å². The first-order valence-corrected chi connectivity index (χ1v) is 15.0. The van der Waals surface area contributed by atoms with Crippen molar-refractivity contribution >= 4 is 23.4 Å². The molecule has 2 N–H and O–H groups in total. The van der Waals surface area contributed by atoms with E-state index in [9.17, 15) is 19.7 Å². The lowest BCUT2D eigenvalue weighted by Gasteiger charge is -2.38. The van der Waals surface area contributed by atoms with Crippen LogP contribution in [0.3, 0.4) is 0 Å². The highest BCUT2D eigenvalue weighted by atomic mass is 35.5. The van der Waals surface area contributed by atoms with Gasteiger partial charge >= 0.3 is 0 Å². The summed E-state index contributed by atoms with van der Waals surface area (Å²) in [6.45, 7) is 5.03. The van der Waals surface area contributed by atoms with Crippen LogP contribution in [0.2, 0.25) is 0 Å². The number of hydrogen-bond acceptors (Lipinski definition) is 6. The van der Waals surface area contributed by atoms with Gasteiger partial charge in [0.25, 0.3) is 5.91 Å². The minimum absolute atomic E-state index is 0.143. The van der Waals surface area contributed by atoms with Gasteiger partial charge in [-0.15, -0.1) is 11.6 Å². The van der Waals surface area contributed by atoms with Gasteiger partial charge in [0.05, 0.1) is 5.92 Å². The highest BCUT2D eigenvalue weighted by Crippen LogP contribution is 2.41. The molecule has 220 valence electrons. The Bertz CT molecular complexity index is 874. The van der Waals surface area contributed by atoms with Gasteiger partial charge in [0.2, 0.25) is 11.9 Å². The van der Waals surface area contributed by atoms with Crippen molar-refractivity contribution in [2.24, 2.45) is 5.92 Å². The molecule has 0 bridgehead atoms. The van der Waals surface area contributed by atoms with Crippen LogP contribution in [0, 0.1) is 16.0 Å². The Morgan fingerprint density at radius 1 is 1.08 bits per heavy atom. The van der Waals surface area contributed by atoms with Gasteiger partial charge in [-0.1, -0.05) is 95.0 Å². The van der Waals surface area contributed by atoms with Crippen LogP contribution in [0.25, 0.3) is 0 Å². The molecule has 0 aromatic heterocycles. The number of nitrogens with one attached hydrogen (secondary N) is 2. The summed E-state index contributed by atoms with van der Waals surface area (Å²) in [5, 5.41) is 14.9. The zero-order valence-electron chi connectivity index (χ0n) is 23.5. The van der Waals surface area contributed by atoms with Gasteiger partial charge in [0, 0.05) is 37.5 Å². The van der Waals surface area contributed by atoms with Crippen LogP contribution in [0.5, 0.6) is 0 Å². The standard InChI is InChI=1S/C29H46ClN3O6/c1-3-4-5-6-7-8-9-10-11-15-20-38-21-16-19-31-28(35)29(23(2)33(36)37,24-17-13-12-14-18-24)26-25(22-30)27(34)32-39-26/h12-14,17-18,23,25-26H,3-11,15-16,19-22H2,1-2H3,(H,31,35)(H,32,34). The monoisotopic (exact) mass is 567 g/mol. The second kappa shape index (κ2) is 18.2. The van der Waals surface area contributed by atoms with Crippen molar-refractivity contribution in [3.8, 4) is 0 Å². The summed E-state index contributed by atoms with van der Waals surface area (Å²) in [7, 11) is 0. The number of benzene rings is 1. The van der Waals surface area contributed by atoms with Gasteiger partial charge in [-0.25, -0.2) is 5.48 Å². The Balaban J connectivity index is 1.86. The normalized spacial score (nSPS) is 19.3. The Hall–Kier alpha value is -2.23. The number of nitro groups is 1. The quantitative estimate of drug-likeness (QED) is 0.0898. The molecular weight excluding hydrogens is 522 g/mol. The number of nitrogens with zero attached hydrogens (tertiary/aromatic N) is 1. The van der Waals surface area contributed by atoms with Crippen LogP contribution in [0.1, 0.15) is 90.0 Å². The molecule has 4 unspecified atom stereocenters. The summed E-state index contributed by atoms with van der Waals surface area (Å²) >= 11 is 6.07. The van der Waals surface area contributed by atoms with E-state index in [1.54, 1.807) is 30.3 Å². The molecule has 1 fully saturated rings. The molecule has 1 heterocycles. The molecule has 0 saturated carbocycles. The van der Waals surface area contributed by atoms with Crippen LogP contribution >= 0.6 is 11.6 Å². The van der Waals surface area contributed by atoms with Crippen LogP contribution in [-0.4, -0.2) is 54.5 Å². The third kappa shape index (κ3) is 9.43. The number of hydroxylamine groups is 1. The molecule has 10 heteroatoms. The molecule has 1 aliphatic heterocycles. The van der Waals surface area contributed by atoms with Crippen LogP contribution in [-0.2, 0) is 24.6 Å². The molecule has 9 nitrogen and oxygen atoms in total. The van der Waals surface area contributed by atoms with E-state index >= 15 is 0 Å². The van der Waals surface area contributed by atoms with E-state index in [0.29, 0.717) is 25.2 Å². The minimum Gasteiger partial charge on any atom is -0.381 e. The highest BCUT2D eigenvalue weighted by Gasteiger charge is 2.63. The second-order valence-corrected chi connectivity index (χ2v) is 10.7. The summed E-state index contributed by atoms with van der Waals surface area (Å²) < 4.78 is 5.74. The molecule has 1 aromatic rings. The van der Waals surface area contributed by atoms with Crippen LogP contribution in [0.15, 0.2) is 30.3 Å². The van der Waals surface area contributed by atoms with Gasteiger partial charge in [-0.05, 0) is 18.4 Å². The summed E-state index contributed by atoms with van der Waals surface area (Å²) in [5.41, 5.74) is 0.882. The van der Waals surface area contributed by atoms with Crippen molar-refractivity contribution in [1.82, 2.24) is 10.8 Å². The number of ether oxygens (including phenoxy) is 1. The van der Waals surface area contributed by atoms with Gasteiger partial charge in [0.1, 0.15) is 6.10 Å². The molecule has 1 saturated heterocycles. The van der Waals surface area contributed by atoms with E-state index < -0.39 is 40.2 Å². The summed E-state index contributed by atoms with van der Waals surface area (Å²) in [5.74, 6) is -2.15. The van der Waals surface area contributed by atoms with E-state index in [-0.39, 0.29) is 12.4 Å².